The Bertz CT molecular complexity index is 209. The van der Waals surface area contributed by atoms with Gasteiger partial charge in [-0.3, -0.25) is 0 Å². The van der Waals surface area contributed by atoms with E-state index in [0.717, 1.165) is 0 Å². The Labute approximate surface area is 66.2 Å². The van der Waals surface area contributed by atoms with E-state index in [1.807, 2.05) is 0 Å². The van der Waals surface area contributed by atoms with Crippen LogP contribution in [0.2, 0.25) is 0 Å². The van der Waals surface area contributed by atoms with Gasteiger partial charge >= 0.3 is 0 Å². The summed E-state index contributed by atoms with van der Waals surface area (Å²) in [6.45, 7) is 0. The summed E-state index contributed by atoms with van der Waals surface area (Å²) in [5.41, 5.74) is 0. The van der Waals surface area contributed by atoms with Gasteiger partial charge in [-0.1, -0.05) is 9.90 Å². The van der Waals surface area contributed by atoms with E-state index in [9.17, 15) is 5.21 Å². The molecule has 1 heterocycles. The van der Waals surface area contributed by atoms with Crippen LogP contribution in [0.5, 0.6) is 0 Å². The van der Waals surface area contributed by atoms with Gasteiger partial charge in [-0.15, -0.1) is 0 Å². The molecule has 0 saturated carbocycles. The van der Waals surface area contributed by atoms with Crippen molar-refractivity contribution in [3.63, 3.8) is 0 Å². The van der Waals surface area contributed by atoms with Crippen LogP contribution in [-0.4, -0.2) is 10.2 Å². The van der Waals surface area contributed by atoms with Crippen molar-refractivity contribution < 1.29 is 5.21 Å². The lowest BCUT2D eigenvalue weighted by atomic mass is 10.5. The molecule has 0 fully saturated rings. The number of halogens is 1. The Morgan fingerprint density at radius 1 is 1.60 bits per heavy atom. The third-order valence-electron chi connectivity index (χ3n) is 0.932. The lowest BCUT2D eigenvalue weighted by Gasteiger charge is -2.21. The van der Waals surface area contributed by atoms with Crippen LogP contribution in [0.3, 0.4) is 0 Å². The number of quaternary nitrogens is 1. The number of nitrogens with zero attached hydrogens (tertiary/aromatic N) is 2. The molecule has 0 bridgehead atoms. The second-order valence-electron chi connectivity index (χ2n) is 1.69. The first-order chi connectivity index (χ1) is 4.61. The smallest absolute Gasteiger partial charge is 0.275 e. The summed E-state index contributed by atoms with van der Waals surface area (Å²) >= 11 is 2.46. The summed E-state index contributed by atoms with van der Waals surface area (Å²) in [7, 11) is 0. The lowest BCUT2D eigenvalue weighted by molar-refractivity contribution is 0.0805. The van der Waals surface area contributed by atoms with Gasteiger partial charge < -0.3 is 5.21 Å². The van der Waals surface area contributed by atoms with Gasteiger partial charge in [0.05, 0.1) is 0 Å². The van der Waals surface area contributed by atoms with E-state index in [4.69, 9.17) is 5.21 Å². The maximum atomic E-state index is 10.7. The zero-order valence-corrected chi connectivity index (χ0v) is 6.52. The summed E-state index contributed by atoms with van der Waals surface area (Å²) in [6, 6.07) is 4.69. The topological polar surface area (TPSA) is 56.2 Å². The van der Waals surface area contributed by atoms with Crippen molar-refractivity contribution in [1.29, 1.82) is 0 Å². The number of rotatable bonds is 1. The van der Waals surface area contributed by atoms with Crippen LogP contribution in [0.25, 0.3) is 0 Å². The van der Waals surface area contributed by atoms with Gasteiger partial charge in [-0.25, -0.2) is 4.98 Å². The van der Waals surface area contributed by atoms with Gasteiger partial charge in [0.25, 0.3) is 22.0 Å². The van der Waals surface area contributed by atoms with Crippen molar-refractivity contribution in [1.82, 2.24) is 8.82 Å². The number of pyridine rings is 1. The van der Waals surface area contributed by atoms with Crippen LogP contribution in [0.15, 0.2) is 24.4 Å². The molecule has 1 unspecified atom stereocenters. The number of hydrogen-bond acceptors (Lipinski definition) is 3. The average molecular weight is 205 g/mol. The van der Waals surface area contributed by atoms with Gasteiger partial charge in [0.15, 0.2) is 0 Å². The quantitative estimate of drug-likeness (QED) is 0.559. The molecule has 0 aliphatic heterocycles. The molecule has 0 aliphatic carbocycles. The molecule has 0 amide bonds. The molecular formula is C5H5BrN2O2. The molecule has 0 aromatic carbocycles. The fraction of sp³-hybridized carbons (Fsp3) is 0. The fourth-order valence-corrected chi connectivity index (χ4v) is 0.727. The van der Waals surface area contributed by atoms with Crippen LogP contribution in [0.4, 0.5) is 5.82 Å². The SMILES string of the molecule is [O-][N+](O)(Br)c1ccccn1. The minimum atomic E-state index is -1.66. The third-order valence-corrected chi connectivity index (χ3v) is 1.30. The molecule has 0 spiro atoms. The average Bonchev–Trinajstić information content (AvgIpc) is 1.88. The van der Waals surface area contributed by atoms with Gasteiger partial charge in [0, 0.05) is 12.3 Å². The summed E-state index contributed by atoms with van der Waals surface area (Å²) in [5.74, 6) is 0.00231. The molecule has 0 aliphatic rings. The van der Waals surface area contributed by atoms with Crippen molar-refractivity contribution in [2.75, 3.05) is 0 Å². The van der Waals surface area contributed by atoms with E-state index in [2.05, 4.69) is 21.1 Å². The first-order valence-electron chi connectivity index (χ1n) is 2.55. The summed E-state index contributed by atoms with van der Waals surface area (Å²) in [5, 5.41) is 19.4. The van der Waals surface area contributed by atoms with Crippen molar-refractivity contribution in [3.05, 3.63) is 29.6 Å². The van der Waals surface area contributed by atoms with Crippen LogP contribution >= 0.6 is 16.1 Å². The summed E-state index contributed by atoms with van der Waals surface area (Å²) in [4.78, 5) is 3.61. The molecule has 10 heavy (non-hydrogen) atoms. The van der Waals surface area contributed by atoms with Gasteiger partial charge in [0.2, 0.25) is 0 Å². The van der Waals surface area contributed by atoms with Crippen molar-refractivity contribution >= 4 is 22.0 Å². The lowest BCUT2D eigenvalue weighted by Crippen LogP contribution is -2.25. The Morgan fingerprint density at radius 2 is 2.30 bits per heavy atom. The Hall–Kier alpha value is -0.490. The summed E-state index contributed by atoms with van der Waals surface area (Å²) < 4.78 is -1.66. The van der Waals surface area contributed by atoms with E-state index >= 15 is 0 Å². The minimum absolute atomic E-state index is 0.00231. The molecule has 1 rings (SSSR count). The first-order valence-corrected chi connectivity index (χ1v) is 3.25. The Morgan fingerprint density at radius 3 is 2.60 bits per heavy atom. The highest BCUT2D eigenvalue weighted by Gasteiger charge is 2.14. The van der Waals surface area contributed by atoms with Crippen molar-refractivity contribution in [2.45, 2.75) is 0 Å². The normalized spacial score (nSPS) is 16.3. The van der Waals surface area contributed by atoms with E-state index in [1.165, 1.54) is 12.3 Å². The molecule has 1 aromatic heterocycles. The van der Waals surface area contributed by atoms with Crippen LogP contribution in [0.1, 0.15) is 0 Å². The van der Waals surface area contributed by atoms with Gasteiger partial charge in [-0.05, 0) is 6.07 Å². The second kappa shape index (κ2) is 2.63. The summed E-state index contributed by atoms with van der Waals surface area (Å²) in [6.07, 6.45) is 1.43. The number of hydrogen-bond donors (Lipinski definition) is 1. The predicted octanol–water partition coefficient (Wildman–Crippen LogP) is 1.59. The third kappa shape index (κ3) is 1.74. The fourth-order valence-electron chi connectivity index (χ4n) is 0.517. The minimum Gasteiger partial charge on any atom is -0.581 e. The zero-order valence-electron chi connectivity index (χ0n) is 4.94. The first kappa shape index (κ1) is 7.62. The van der Waals surface area contributed by atoms with Crippen LogP contribution in [-0.2, 0) is 0 Å². The standard InChI is InChI=1S/C5H5BrN2O2/c6-8(9,10)5-3-1-2-4-7-5/h1-4,9H. The largest absolute Gasteiger partial charge is 0.581 e. The Kier molecular flexibility index (Phi) is 2.00. The molecule has 1 aromatic rings. The molecule has 54 valence electrons. The maximum Gasteiger partial charge on any atom is 0.275 e. The maximum absolute atomic E-state index is 10.7. The molecule has 1 atom stereocenters. The highest BCUT2D eigenvalue weighted by atomic mass is 79.9. The Balaban J connectivity index is 2.97. The second-order valence-corrected chi connectivity index (χ2v) is 2.65. The predicted molar refractivity (Wildman–Crippen MR) is 40.1 cm³/mol. The molecule has 5 heteroatoms. The molecule has 0 saturated heterocycles. The van der Waals surface area contributed by atoms with E-state index in [1.54, 1.807) is 12.1 Å². The van der Waals surface area contributed by atoms with Crippen LogP contribution < -0.4 is 3.84 Å². The van der Waals surface area contributed by atoms with E-state index < -0.39 is 3.84 Å². The number of aromatic nitrogens is 1. The molecule has 4 nitrogen and oxygen atoms in total. The highest BCUT2D eigenvalue weighted by Crippen LogP contribution is 2.19. The molecular weight excluding hydrogens is 200 g/mol. The molecule has 1 N–H and O–H groups in total. The van der Waals surface area contributed by atoms with E-state index in [-0.39, 0.29) is 5.82 Å². The van der Waals surface area contributed by atoms with Gasteiger partial charge in [-0.2, -0.15) is 5.21 Å². The molecule has 0 radical (unpaired) electrons. The van der Waals surface area contributed by atoms with Crippen LogP contribution in [0, 0.1) is 5.21 Å². The highest BCUT2D eigenvalue weighted by molar-refractivity contribution is 9.08. The van der Waals surface area contributed by atoms with Crippen molar-refractivity contribution in [3.8, 4) is 0 Å². The zero-order chi connectivity index (χ0) is 7.61. The monoisotopic (exact) mass is 204 g/mol. The van der Waals surface area contributed by atoms with Gasteiger partial charge in [0.1, 0.15) is 0 Å². The van der Waals surface area contributed by atoms with Crippen molar-refractivity contribution in [2.24, 2.45) is 0 Å². The van der Waals surface area contributed by atoms with E-state index in [0.29, 0.717) is 0 Å².